The highest BCUT2D eigenvalue weighted by molar-refractivity contribution is 14.0. The fraction of sp³-hybridized carbons (Fsp3) is 0.524. The van der Waals surface area contributed by atoms with Gasteiger partial charge in [0.2, 0.25) is 0 Å². The summed E-state index contributed by atoms with van der Waals surface area (Å²) in [6, 6.07) is 10.6. The first-order chi connectivity index (χ1) is 13.3. The maximum absolute atomic E-state index is 5.66. The highest BCUT2D eigenvalue weighted by Gasteiger charge is 2.42. The Kier molecular flexibility index (Phi) is 7.34. The number of ether oxygens (including phenoxy) is 1. The van der Waals surface area contributed by atoms with E-state index in [0.29, 0.717) is 12.0 Å². The minimum absolute atomic E-state index is 0. The van der Waals surface area contributed by atoms with Crippen LogP contribution in [-0.2, 0) is 17.8 Å². The van der Waals surface area contributed by atoms with Crippen LogP contribution in [-0.4, -0.2) is 53.5 Å². The molecule has 1 atom stereocenters. The van der Waals surface area contributed by atoms with Crippen molar-refractivity contribution >= 4 is 29.9 Å². The maximum atomic E-state index is 5.66. The zero-order valence-electron chi connectivity index (χ0n) is 16.5. The number of hydrogen-bond acceptors (Lipinski definition) is 3. The van der Waals surface area contributed by atoms with Gasteiger partial charge in [0.05, 0.1) is 19.7 Å². The number of rotatable bonds is 5. The van der Waals surface area contributed by atoms with Crippen molar-refractivity contribution in [3.05, 3.63) is 53.9 Å². The van der Waals surface area contributed by atoms with Crippen molar-refractivity contribution in [2.45, 2.75) is 32.9 Å². The summed E-state index contributed by atoms with van der Waals surface area (Å²) >= 11 is 0. The van der Waals surface area contributed by atoms with Crippen LogP contribution in [0.25, 0.3) is 0 Å². The number of halogens is 1. The molecule has 152 valence electrons. The third kappa shape index (κ3) is 5.05. The minimum Gasteiger partial charge on any atom is -0.381 e. The maximum Gasteiger partial charge on any atom is 0.194 e. The monoisotopic (exact) mass is 495 g/mol. The summed E-state index contributed by atoms with van der Waals surface area (Å²) in [4.78, 5) is 7.34. The molecule has 0 radical (unpaired) electrons. The Morgan fingerprint density at radius 3 is 2.93 bits per heavy atom. The Hall–Kier alpha value is -1.61. The molecule has 0 amide bonds. The molecule has 1 spiro atoms. The molecule has 7 heteroatoms. The van der Waals surface area contributed by atoms with Crippen LogP contribution >= 0.6 is 24.0 Å². The number of aromatic nitrogens is 2. The van der Waals surface area contributed by atoms with Crippen molar-refractivity contribution in [1.82, 2.24) is 20.0 Å². The summed E-state index contributed by atoms with van der Waals surface area (Å²) in [5.41, 5.74) is 2.83. The van der Waals surface area contributed by atoms with E-state index in [4.69, 9.17) is 9.73 Å². The van der Waals surface area contributed by atoms with E-state index in [2.05, 4.69) is 46.5 Å². The summed E-state index contributed by atoms with van der Waals surface area (Å²) in [5.74, 6) is 1.03. The third-order valence-electron chi connectivity index (χ3n) is 5.56. The van der Waals surface area contributed by atoms with Gasteiger partial charge in [-0.3, -0.25) is 4.68 Å². The summed E-state index contributed by atoms with van der Waals surface area (Å²) in [5, 5.41) is 7.76. The molecule has 0 aliphatic carbocycles. The normalized spacial score (nSPS) is 21.9. The molecule has 1 N–H and O–H groups in total. The second kappa shape index (κ2) is 9.73. The largest absolute Gasteiger partial charge is 0.381 e. The van der Waals surface area contributed by atoms with Crippen LogP contribution in [0.2, 0.25) is 0 Å². The number of nitrogens with zero attached hydrogens (tertiary/aromatic N) is 4. The Labute approximate surface area is 184 Å². The van der Waals surface area contributed by atoms with Gasteiger partial charge in [-0.1, -0.05) is 24.3 Å². The van der Waals surface area contributed by atoms with Crippen LogP contribution in [0.3, 0.4) is 0 Å². The van der Waals surface area contributed by atoms with E-state index in [1.54, 1.807) is 0 Å². The number of guanidine groups is 1. The topological polar surface area (TPSA) is 54.7 Å². The average Bonchev–Trinajstić information content (AvgIpc) is 3.43. The molecule has 2 aliphatic rings. The third-order valence-corrected chi connectivity index (χ3v) is 5.56. The smallest absolute Gasteiger partial charge is 0.194 e. The fourth-order valence-electron chi connectivity index (χ4n) is 4.09. The van der Waals surface area contributed by atoms with Gasteiger partial charge in [0.15, 0.2) is 5.96 Å². The Morgan fingerprint density at radius 1 is 1.29 bits per heavy atom. The molecule has 2 fully saturated rings. The fourth-order valence-corrected chi connectivity index (χ4v) is 4.09. The van der Waals surface area contributed by atoms with Crippen molar-refractivity contribution in [3.63, 3.8) is 0 Å². The van der Waals surface area contributed by atoms with Crippen LogP contribution in [0.5, 0.6) is 0 Å². The van der Waals surface area contributed by atoms with E-state index >= 15 is 0 Å². The SMILES string of the molecule is CCNC(=NCc1cccc(Cn2cccn2)c1)N1CCC2(CCOC2)C1.I. The Bertz CT molecular complexity index is 771. The zero-order chi connectivity index (χ0) is 18.5. The molecule has 2 saturated heterocycles. The Morgan fingerprint density at radius 2 is 2.18 bits per heavy atom. The quantitative estimate of drug-likeness (QED) is 0.394. The minimum atomic E-state index is 0. The summed E-state index contributed by atoms with van der Waals surface area (Å²) < 4.78 is 7.61. The standard InChI is InChI=1S/C21H29N5O.HI/c1-2-22-20(25-11-7-21(16-25)8-12-27-17-21)23-14-18-5-3-6-19(13-18)15-26-10-4-9-24-26;/h3-6,9-10,13H,2,7-8,11-12,14-17H2,1H3,(H,22,23);1H. The molecule has 1 aromatic heterocycles. The molecular formula is C21H30IN5O. The molecule has 2 aromatic rings. The lowest BCUT2D eigenvalue weighted by Crippen LogP contribution is -2.41. The lowest BCUT2D eigenvalue weighted by molar-refractivity contribution is 0.156. The highest BCUT2D eigenvalue weighted by Crippen LogP contribution is 2.38. The molecular weight excluding hydrogens is 465 g/mol. The second-order valence-corrected chi connectivity index (χ2v) is 7.67. The first kappa shape index (κ1) is 21.1. The second-order valence-electron chi connectivity index (χ2n) is 7.67. The van der Waals surface area contributed by atoms with Crippen molar-refractivity contribution in [2.75, 3.05) is 32.8 Å². The molecule has 4 rings (SSSR count). The molecule has 2 aliphatic heterocycles. The predicted molar refractivity (Wildman–Crippen MR) is 122 cm³/mol. The molecule has 3 heterocycles. The molecule has 0 saturated carbocycles. The van der Waals surface area contributed by atoms with Gasteiger partial charge in [0.1, 0.15) is 0 Å². The molecule has 1 aromatic carbocycles. The number of nitrogens with one attached hydrogen (secondary N) is 1. The van der Waals surface area contributed by atoms with Crippen LogP contribution in [0.4, 0.5) is 0 Å². The van der Waals surface area contributed by atoms with Gasteiger partial charge >= 0.3 is 0 Å². The van der Waals surface area contributed by atoms with E-state index in [1.165, 1.54) is 24.0 Å². The van der Waals surface area contributed by atoms with Gasteiger partial charge in [0.25, 0.3) is 0 Å². The van der Waals surface area contributed by atoms with Crippen LogP contribution < -0.4 is 5.32 Å². The first-order valence-electron chi connectivity index (χ1n) is 9.93. The molecule has 6 nitrogen and oxygen atoms in total. The van der Waals surface area contributed by atoms with Crippen LogP contribution in [0.1, 0.15) is 30.9 Å². The summed E-state index contributed by atoms with van der Waals surface area (Å²) in [6.07, 6.45) is 6.19. The van der Waals surface area contributed by atoms with E-state index in [0.717, 1.165) is 45.4 Å². The van der Waals surface area contributed by atoms with Crippen LogP contribution in [0.15, 0.2) is 47.7 Å². The van der Waals surface area contributed by atoms with E-state index in [1.807, 2.05) is 23.1 Å². The zero-order valence-corrected chi connectivity index (χ0v) is 18.8. The predicted octanol–water partition coefficient (Wildman–Crippen LogP) is 3.13. The van der Waals surface area contributed by atoms with Gasteiger partial charge in [-0.25, -0.2) is 4.99 Å². The van der Waals surface area contributed by atoms with Crippen molar-refractivity contribution in [2.24, 2.45) is 10.4 Å². The van der Waals surface area contributed by atoms with Gasteiger partial charge in [-0.2, -0.15) is 5.10 Å². The average molecular weight is 495 g/mol. The number of aliphatic imine (C=N–C) groups is 1. The lowest BCUT2D eigenvalue weighted by atomic mass is 9.87. The summed E-state index contributed by atoms with van der Waals surface area (Å²) in [6.45, 7) is 8.42. The van der Waals surface area contributed by atoms with E-state index in [9.17, 15) is 0 Å². The van der Waals surface area contributed by atoms with Gasteiger partial charge in [-0.05, 0) is 37.0 Å². The van der Waals surface area contributed by atoms with Gasteiger partial charge < -0.3 is 15.0 Å². The number of benzene rings is 1. The van der Waals surface area contributed by atoms with Crippen molar-refractivity contribution in [3.8, 4) is 0 Å². The number of hydrogen-bond donors (Lipinski definition) is 1. The van der Waals surface area contributed by atoms with E-state index < -0.39 is 0 Å². The highest BCUT2D eigenvalue weighted by atomic mass is 127. The van der Waals surface area contributed by atoms with Crippen LogP contribution in [0, 0.1) is 5.41 Å². The van der Waals surface area contributed by atoms with E-state index in [-0.39, 0.29) is 24.0 Å². The molecule has 1 unspecified atom stereocenters. The lowest BCUT2D eigenvalue weighted by Gasteiger charge is -2.25. The van der Waals surface area contributed by atoms with Gasteiger partial charge in [0, 0.05) is 44.0 Å². The van der Waals surface area contributed by atoms with Gasteiger partial charge in [-0.15, -0.1) is 24.0 Å². The molecule has 28 heavy (non-hydrogen) atoms. The first-order valence-corrected chi connectivity index (χ1v) is 9.93. The summed E-state index contributed by atoms with van der Waals surface area (Å²) in [7, 11) is 0. The Balaban J connectivity index is 0.00000225. The van der Waals surface area contributed by atoms with Crippen molar-refractivity contribution < 1.29 is 4.74 Å². The molecule has 0 bridgehead atoms. The van der Waals surface area contributed by atoms with Crippen molar-refractivity contribution in [1.29, 1.82) is 0 Å². The number of likely N-dealkylation sites (tertiary alicyclic amines) is 1.